The van der Waals surface area contributed by atoms with Crippen LogP contribution in [0.2, 0.25) is 0 Å². The molecule has 0 rings (SSSR count). The fourth-order valence-electron chi connectivity index (χ4n) is 0.799. The molecule has 0 fully saturated rings. The second-order valence-electron chi connectivity index (χ2n) is 2.59. The maximum atomic E-state index is 10.2. The summed E-state index contributed by atoms with van der Waals surface area (Å²) in [6.07, 6.45) is 1.05. The molecule has 0 aliphatic rings. The second kappa shape index (κ2) is 5.47. The molecule has 2 N–H and O–H groups in total. The molecule has 0 aromatic rings. The van der Waals surface area contributed by atoms with E-state index in [-0.39, 0.29) is 18.7 Å². The van der Waals surface area contributed by atoms with Gasteiger partial charge in [-0.2, -0.15) is 13.5 Å². The third-order valence-corrected chi connectivity index (χ3v) is 2.10. The average molecular weight is 197 g/mol. The molecule has 0 heterocycles. The SMILES string of the molecule is CCCN(O)CCCS(=O)(=O)O. The van der Waals surface area contributed by atoms with Crippen LogP contribution in [0.1, 0.15) is 19.8 Å². The first-order valence-electron chi connectivity index (χ1n) is 3.84. The monoisotopic (exact) mass is 197 g/mol. The number of rotatable bonds is 6. The molecule has 0 aliphatic carbocycles. The predicted molar refractivity (Wildman–Crippen MR) is 44.7 cm³/mol. The normalized spacial score (nSPS) is 12.3. The van der Waals surface area contributed by atoms with Crippen molar-refractivity contribution >= 4 is 10.1 Å². The average Bonchev–Trinajstić information content (AvgIpc) is 1.84. The fraction of sp³-hybridized carbons (Fsp3) is 1.00. The molecule has 0 aromatic heterocycles. The van der Waals surface area contributed by atoms with Crippen molar-refractivity contribution in [1.82, 2.24) is 5.06 Å². The zero-order valence-electron chi connectivity index (χ0n) is 7.10. The minimum absolute atomic E-state index is 0.245. The van der Waals surface area contributed by atoms with Crippen molar-refractivity contribution in [3.05, 3.63) is 0 Å². The Labute approximate surface area is 72.7 Å². The van der Waals surface area contributed by atoms with Crippen LogP contribution >= 0.6 is 0 Å². The van der Waals surface area contributed by atoms with Crippen LogP contribution in [0.15, 0.2) is 0 Å². The zero-order valence-corrected chi connectivity index (χ0v) is 7.92. The van der Waals surface area contributed by atoms with Crippen LogP contribution in [-0.2, 0) is 10.1 Å². The van der Waals surface area contributed by atoms with Gasteiger partial charge in [0, 0.05) is 13.1 Å². The minimum atomic E-state index is -3.87. The van der Waals surface area contributed by atoms with E-state index in [1.54, 1.807) is 0 Å². The van der Waals surface area contributed by atoms with E-state index in [4.69, 9.17) is 9.76 Å². The highest BCUT2D eigenvalue weighted by molar-refractivity contribution is 7.85. The Balaban J connectivity index is 3.44. The molecule has 0 amide bonds. The predicted octanol–water partition coefficient (Wildman–Crippen LogP) is 0.366. The molecule has 6 heteroatoms. The van der Waals surface area contributed by atoms with Crippen molar-refractivity contribution in [3.63, 3.8) is 0 Å². The fourth-order valence-corrected chi connectivity index (χ4v) is 1.29. The van der Waals surface area contributed by atoms with E-state index in [2.05, 4.69) is 0 Å². The van der Waals surface area contributed by atoms with Crippen LogP contribution in [0.25, 0.3) is 0 Å². The van der Waals surface area contributed by atoms with Crippen molar-refractivity contribution in [3.8, 4) is 0 Å². The van der Waals surface area contributed by atoms with Gasteiger partial charge in [-0.05, 0) is 12.8 Å². The summed E-state index contributed by atoms with van der Waals surface area (Å²) in [4.78, 5) is 0. The molecule has 0 unspecified atom stereocenters. The van der Waals surface area contributed by atoms with Gasteiger partial charge in [0.2, 0.25) is 0 Å². The maximum Gasteiger partial charge on any atom is 0.264 e. The van der Waals surface area contributed by atoms with Crippen LogP contribution in [0.3, 0.4) is 0 Å². The zero-order chi connectivity index (χ0) is 9.61. The Morgan fingerprint density at radius 3 is 2.33 bits per heavy atom. The molecular formula is C6H15NO4S. The van der Waals surface area contributed by atoms with E-state index in [0.717, 1.165) is 11.5 Å². The van der Waals surface area contributed by atoms with E-state index in [9.17, 15) is 8.42 Å². The van der Waals surface area contributed by atoms with Crippen LogP contribution in [-0.4, -0.2) is 42.1 Å². The Morgan fingerprint density at radius 1 is 1.33 bits per heavy atom. The molecule has 12 heavy (non-hydrogen) atoms. The van der Waals surface area contributed by atoms with Gasteiger partial charge in [0.25, 0.3) is 10.1 Å². The van der Waals surface area contributed by atoms with Crippen molar-refractivity contribution < 1.29 is 18.2 Å². The van der Waals surface area contributed by atoms with Gasteiger partial charge in [-0.3, -0.25) is 4.55 Å². The summed E-state index contributed by atoms with van der Waals surface area (Å²) in [7, 11) is -3.87. The largest absolute Gasteiger partial charge is 0.314 e. The lowest BCUT2D eigenvalue weighted by molar-refractivity contribution is -0.0899. The number of nitrogens with zero attached hydrogens (tertiary/aromatic N) is 1. The first kappa shape index (κ1) is 11.8. The lowest BCUT2D eigenvalue weighted by atomic mass is 10.4. The first-order valence-corrected chi connectivity index (χ1v) is 5.45. The summed E-state index contributed by atoms with van der Waals surface area (Å²) in [6, 6.07) is 0. The molecule has 5 nitrogen and oxygen atoms in total. The van der Waals surface area contributed by atoms with Gasteiger partial charge in [0.05, 0.1) is 5.75 Å². The second-order valence-corrected chi connectivity index (χ2v) is 4.17. The number of hydroxylamine groups is 2. The first-order chi connectivity index (χ1) is 5.45. The molecule has 0 aliphatic heterocycles. The van der Waals surface area contributed by atoms with E-state index in [1.807, 2.05) is 6.92 Å². The molecule has 74 valence electrons. The van der Waals surface area contributed by atoms with E-state index < -0.39 is 10.1 Å². The lowest BCUT2D eigenvalue weighted by Gasteiger charge is -2.11. The number of hydrogen-bond acceptors (Lipinski definition) is 4. The maximum absolute atomic E-state index is 10.2. The molecule has 0 atom stereocenters. The number of hydrogen-bond donors (Lipinski definition) is 2. The summed E-state index contributed by atoms with van der Waals surface area (Å²) >= 11 is 0. The molecule has 0 saturated carbocycles. The van der Waals surface area contributed by atoms with Crippen LogP contribution in [0, 0.1) is 0 Å². The third kappa shape index (κ3) is 7.93. The van der Waals surface area contributed by atoms with Crippen molar-refractivity contribution in [2.45, 2.75) is 19.8 Å². The van der Waals surface area contributed by atoms with Gasteiger partial charge < -0.3 is 5.21 Å². The highest BCUT2D eigenvalue weighted by Crippen LogP contribution is 1.92. The Morgan fingerprint density at radius 2 is 1.92 bits per heavy atom. The standard InChI is InChI=1S/C6H15NO4S/c1-2-4-7(8)5-3-6-12(9,10)11/h8H,2-6H2,1H3,(H,9,10,11). The molecular weight excluding hydrogens is 182 g/mol. The van der Waals surface area contributed by atoms with Gasteiger partial charge in [-0.15, -0.1) is 0 Å². The topological polar surface area (TPSA) is 77.8 Å². The Bertz CT molecular complexity index is 202. The summed E-state index contributed by atoms with van der Waals surface area (Å²) in [5.74, 6) is -0.298. The van der Waals surface area contributed by atoms with Crippen LogP contribution < -0.4 is 0 Å². The Hall–Kier alpha value is -0.170. The van der Waals surface area contributed by atoms with E-state index in [0.29, 0.717) is 6.54 Å². The molecule has 0 spiro atoms. The van der Waals surface area contributed by atoms with Gasteiger partial charge in [0.15, 0.2) is 0 Å². The van der Waals surface area contributed by atoms with Gasteiger partial charge >= 0.3 is 0 Å². The lowest BCUT2D eigenvalue weighted by Crippen LogP contribution is -2.23. The minimum Gasteiger partial charge on any atom is -0.314 e. The quantitative estimate of drug-likeness (QED) is 0.475. The summed E-state index contributed by atoms with van der Waals surface area (Å²) in [5, 5.41) is 10.0. The Kier molecular flexibility index (Phi) is 5.39. The summed E-state index contributed by atoms with van der Waals surface area (Å²) in [5.41, 5.74) is 0. The van der Waals surface area contributed by atoms with E-state index >= 15 is 0 Å². The van der Waals surface area contributed by atoms with Crippen molar-refractivity contribution in [2.75, 3.05) is 18.8 Å². The van der Waals surface area contributed by atoms with Crippen LogP contribution in [0.4, 0.5) is 0 Å². The van der Waals surface area contributed by atoms with E-state index in [1.165, 1.54) is 0 Å². The smallest absolute Gasteiger partial charge is 0.264 e. The van der Waals surface area contributed by atoms with Crippen molar-refractivity contribution in [2.24, 2.45) is 0 Å². The van der Waals surface area contributed by atoms with Gasteiger partial charge in [-0.1, -0.05) is 6.92 Å². The van der Waals surface area contributed by atoms with Gasteiger partial charge in [0.1, 0.15) is 0 Å². The van der Waals surface area contributed by atoms with Crippen LogP contribution in [0.5, 0.6) is 0 Å². The molecule has 0 aromatic carbocycles. The third-order valence-electron chi connectivity index (χ3n) is 1.30. The molecule has 0 radical (unpaired) electrons. The van der Waals surface area contributed by atoms with Crippen molar-refractivity contribution in [1.29, 1.82) is 0 Å². The highest BCUT2D eigenvalue weighted by atomic mass is 32.2. The highest BCUT2D eigenvalue weighted by Gasteiger charge is 2.05. The summed E-state index contributed by atoms with van der Waals surface area (Å²) < 4.78 is 28.8. The van der Waals surface area contributed by atoms with Gasteiger partial charge in [-0.25, -0.2) is 0 Å². The molecule has 0 bridgehead atoms. The summed E-state index contributed by atoms with van der Waals surface area (Å²) in [6.45, 7) is 2.70. The molecule has 0 saturated heterocycles.